The van der Waals surface area contributed by atoms with Gasteiger partial charge < -0.3 is 18.3 Å². The highest BCUT2D eigenvalue weighted by molar-refractivity contribution is 6.17. The first-order valence-electron chi connectivity index (χ1n) is 16.9. The summed E-state index contributed by atoms with van der Waals surface area (Å²) < 4.78 is 15.2. The number of para-hydroxylation sites is 5. The number of hydrogen-bond acceptors (Lipinski definition) is 3. The second-order valence-electron chi connectivity index (χ2n) is 12.9. The van der Waals surface area contributed by atoms with Gasteiger partial charge in [-0.1, -0.05) is 97.1 Å². The topological polar surface area (TPSA) is 34.5 Å². The van der Waals surface area contributed by atoms with E-state index in [2.05, 4.69) is 155 Å². The Labute approximate surface area is 286 Å². The molecule has 4 nitrogen and oxygen atoms in total. The molecule has 234 valence electrons. The third-order valence-electron chi connectivity index (χ3n) is 10.1. The lowest BCUT2D eigenvalue weighted by Gasteiger charge is -2.28. The monoisotopic (exact) mass is 640 g/mol. The van der Waals surface area contributed by atoms with Crippen molar-refractivity contribution in [3.05, 3.63) is 170 Å². The molecule has 0 unspecified atom stereocenters. The van der Waals surface area contributed by atoms with Gasteiger partial charge in [-0.2, -0.15) is 0 Å². The van der Waals surface area contributed by atoms with E-state index in [1.807, 2.05) is 24.3 Å². The van der Waals surface area contributed by atoms with Gasteiger partial charge in [-0.15, -0.1) is 0 Å². The molecule has 0 amide bonds. The molecule has 0 spiro atoms. The van der Waals surface area contributed by atoms with E-state index >= 15 is 0 Å². The van der Waals surface area contributed by atoms with Gasteiger partial charge in [0.1, 0.15) is 22.3 Å². The van der Waals surface area contributed by atoms with E-state index in [1.165, 1.54) is 16.3 Å². The normalized spacial score (nSPS) is 12.0. The van der Waals surface area contributed by atoms with Crippen LogP contribution >= 0.6 is 0 Å². The van der Waals surface area contributed by atoms with Gasteiger partial charge in [0.2, 0.25) is 0 Å². The lowest BCUT2D eigenvalue weighted by Crippen LogP contribution is -2.12. The van der Waals surface area contributed by atoms with Crippen LogP contribution in [-0.4, -0.2) is 4.57 Å². The van der Waals surface area contributed by atoms with Gasteiger partial charge in [0.15, 0.2) is 0 Å². The van der Waals surface area contributed by atoms with Crippen molar-refractivity contribution in [3.8, 4) is 5.69 Å². The van der Waals surface area contributed by atoms with Crippen molar-refractivity contribution < 1.29 is 8.83 Å². The molecule has 0 atom stereocenters. The second kappa shape index (κ2) is 10.4. The predicted octanol–water partition coefficient (Wildman–Crippen LogP) is 13.2. The zero-order valence-electron chi connectivity index (χ0n) is 26.9. The Bertz CT molecular complexity index is 3110. The molecule has 3 aromatic heterocycles. The standard InChI is InChI=1S/C46H28N2O2/c1-2-13-30(14-3-1)48-39-19-7-4-15-32(39)36-18-11-21-41(46(36)48)47(31-24-25-35-33-16-5-8-22-42(33)50-45(35)27-31)40-20-10-12-29-26-44-38(28-37(29)40)34-17-6-9-23-43(34)49-44/h1-28H. The Kier molecular flexibility index (Phi) is 5.63. The molecule has 0 N–H and O–H groups in total. The van der Waals surface area contributed by atoms with Crippen LogP contribution in [0.2, 0.25) is 0 Å². The lowest BCUT2D eigenvalue weighted by molar-refractivity contribution is 0.669. The van der Waals surface area contributed by atoms with Crippen molar-refractivity contribution in [2.45, 2.75) is 0 Å². The highest BCUT2D eigenvalue weighted by Crippen LogP contribution is 2.47. The molecular formula is C46H28N2O2. The summed E-state index contributed by atoms with van der Waals surface area (Å²) in [5, 5.41) is 9.09. The molecule has 3 heterocycles. The Morgan fingerprint density at radius 3 is 1.82 bits per heavy atom. The molecule has 0 aliphatic heterocycles. The average molecular weight is 641 g/mol. The van der Waals surface area contributed by atoms with Crippen molar-refractivity contribution in [3.63, 3.8) is 0 Å². The zero-order valence-corrected chi connectivity index (χ0v) is 26.9. The Balaban J connectivity index is 1.27. The summed E-state index contributed by atoms with van der Waals surface area (Å²) in [5.41, 5.74) is 10.1. The smallest absolute Gasteiger partial charge is 0.137 e. The summed E-state index contributed by atoms with van der Waals surface area (Å²) in [6.45, 7) is 0. The van der Waals surface area contributed by atoms with Crippen molar-refractivity contribution >= 4 is 93.5 Å². The Morgan fingerprint density at radius 1 is 0.380 bits per heavy atom. The average Bonchev–Trinajstić information content (AvgIpc) is 3.84. The van der Waals surface area contributed by atoms with E-state index in [0.717, 1.165) is 82.9 Å². The molecule has 8 aromatic carbocycles. The Morgan fingerprint density at radius 2 is 1.00 bits per heavy atom. The molecule has 0 aliphatic carbocycles. The summed E-state index contributed by atoms with van der Waals surface area (Å²) >= 11 is 0. The van der Waals surface area contributed by atoms with Gasteiger partial charge in [-0.3, -0.25) is 0 Å². The highest BCUT2D eigenvalue weighted by atomic mass is 16.3. The van der Waals surface area contributed by atoms with Crippen molar-refractivity contribution in [1.29, 1.82) is 0 Å². The molecule has 0 saturated carbocycles. The number of rotatable bonds is 4. The molecule has 11 aromatic rings. The van der Waals surface area contributed by atoms with Gasteiger partial charge in [0.05, 0.1) is 22.4 Å². The van der Waals surface area contributed by atoms with E-state index in [-0.39, 0.29) is 0 Å². The summed E-state index contributed by atoms with van der Waals surface area (Å²) in [5.74, 6) is 0. The molecule has 0 radical (unpaired) electrons. The maximum Gasteiger partial charge on any atom is 0.137 e. The fourth-order valence-corrected chi connectivity index (χ4v) is 7.96. The fourth-order valence-electron chi connectivity index (χ4n) is 7.96. The Hall–Kier alpha value is -6.78. The van der Waals surface area contributed by atoms with Gasteiger partial charge in [0, 0.05) is 55.1 Å². The van der Waals surface area contributed by atoms with Gasteiger partial charge in [0.25, 0.3) is 0 Å². The molecular weight excluding hydrogens is 613 g/mol. The lowest BCUT2D eigenvalue weighted by atomic mass is 10.0. The molecule has 0 saturated heterocycles. The van der Waals surface area contributed by atoms with Crippen LogP contribution in [0.25, 0.3) is 82.1 Å². The zero-order chi connectivity index (χ0) is 32.8. The number of hydrogen-bond donors (Lipinski definition) is 0. The van der Waals surface area contributed by atoms with Crippen LogP contribution in [0.3, 0.4) is 0 Å². The third-order valence-corrected chi connectivity index (χ3v) is 10.1. The van der Waals surface area contributed by atoms with Gasteiger partial charge >= 0.3 is 0 Å². The third kappa shape index (κ3) is 3.87. The number of nitrogens with zero attached hydrogens (tertiary/aromatic N) is 2. The van der Waals surface area contributed by atoms with Crippen molar-refractivity contribution in [2.24, 2.45) is 0 Å². The predicted molar refractivity (Wildman–Crippen MR) is 208 cm³/mol. The molecule has 0 bridgehead atoms. The molecule has 0 aliphatic rings. The van der Waals surface area contributed by atoms with Crippen LogP contribution in [0, 0.1) is 0 Å². The van der Waals surface area contributed by atoms with Crippen LogP contribution in [0.15, 0.2) is 179 Å². The van der Waals surface area contributed by atoms with Crippen molar-refractivity contribution in [2.75, 3.05) is 4.90 Å². The van der Waals surface area contributed by atoms with Crippen LogP contribution in [0.5, 0.6) is 0 Å². The van der Waals surface area contributed by atoms with E-state index in [1.54, 1.807) is 0 Å². The maximum absolute atomic E-state index is 6.48. The molecule has 50 heavy (non-hydrogen) atoms. The van der Waals surface area contributed by atoms with Crippen LogP contribution in [0.4, 0.5) is 17.1 Å². The quantitative estimate of drug-likeness (QED) is 0.192. The summed E-state index contributed by atoms with van der Waals surface area (Å²) in [4.78, 5) is 2.41. The minimum atomic E-state index is 0.855. The molecule has 4 heteroatoms. The number of aromatic nitrogens is 1. The van der Waals surface area contributed by atoms with E-state index in [4.69, 9.17) is 8.83 Å². The van der Waals surface area contributed by atoms with E-state index < -0.39 is 0 Å². The number of anilines is 3. The van der Waals surface area contributed by atoms with Crippen molar-refractivity contribution in [1.82, 2.24) is 4.57 Å². The largest absolute Gasteiger partial charge is 0.456 e. The van der Waals surface area contributed by atoms with E-state index in [9.17, 15) is 0 Å². The first-order valence-corrected chi connectivity index (χ1v) is 16.9. The molecule has 11 rings (SSSR count). The summed E-state index contributed by atoms with van der Waals surface area (Å²) in [7, 11) is 0. The second-order valence-corrected chi connectivity index (χ2v) is 12.9. The minimum Gasteiger partial charge on any atom is -0.456 e. The van der Waals surface area contributed by atoms with Gasteiger partial charge in [-0.25, -0.2) is 0 Å². The van der Waals surface area contributed by atoms with Gasteiger partial charge in [-0.05, 0) is 72.1 Å². The molecule has 0 fully saturated rings. The van der Waals surface area contributed by atoms with Crippen LogP contribution < -0.4 is 4.90 Å². The summed E-state index contributed by atoms with van der Waals surface area (Å²) in [6, 6.07) is 60.2. The first kappa shape index (κ1) is 27.2. The number of fused-ring (bicyclic) bond motifs is 10. The highest BCUT2D eigenvalue weighted by Gasteiger charge is 2.24. The van der Waals surface area contributed by atoms with Crippen LogP contribution in [0.1, 0.15) is 0 Å². The number of furan rings is 2. The maximum atomic E-state index is 6.48. The minimum absolute atomic E-state index is 0.855. The first-order chi connectivity index (χ1) is 24.8. The summed E-state index contributed by atoms with van der Waals surface area (Å²) in [6.07, 6.45) is 0. The fraction of sp³-hybridized carbons (Fsp3) is 0. The number of benzene rings is 8. The SMILES string of the molecule is c1ccc(-n2c3ccccc3c3cccc(N(c4ccc5c(c4)oc4ccccc45)c4cccc5cc6oc7ccccc7c6cc45)c32)cc1. The van der Waals surface area contributed by atoms with E-state index in [0.29, 0.717) is 0 Å². The van der Waals surface area contributed by atoms with Crippen LogP contribution in [-0.2, 0) is 0 Å².